The van der Waals surface area contributed by atoms with Gasteiger partial charge in [-0.05, 0) is 24.6 Å². The zero-order valence-corrected chi connectivity index (χ0v) is 12.2. The molecular weight excluding hydrogens is 306 g/mol. The summed E-state index contributed by atoms with van der Waals surface area (Å²) < 4.78 is 28.1. The van der Waals surface area contributed by atoms with Crippen LogP contribution in [0, 0.1) is 11.6 Å². The highest BCUT2D eigenvalue weighted by Crippen LogP contribution is 2.40. The van der Waals surface area contributed by atoms with Crippen LogP contribution >= 0.6 is 0 Å². The number of rotatable bonds is 5. The van der Waals surface area contributed by atoms with Gasteiger partial charge in [-0.25, -0.2) is 13.6 Å². The lowest BCUT2D eigenvalue weighted by Crippen LogP contribution is -2.46. The molecule has 2 aromatic carbocycles. The van der Waals surface area contributed by atoms with Gasteiger partial charge in [-0.2, -0.15) is 0 Å². The molecule has 0 saturated heterocycles. The van der Waals surface area contributed by atoms with Crippen LogP contribution in [0.3, 0.4) is 0 Å². The topological polar surface area (TPSA) is 74.6 Å². The second-order valence-electron chi connectivity index (χ2n) is 5.12. The molecule has 0 heterocycles. The molecule has 2 atom stereocenters. The fourth-order valence-corrected chi connectivity index (χ4v) is 2.65. The summed E-state index contributed by atoms with van der Waals surface area (Å²) in [6.07, 6.45) is 0. The first-order valence-electron chi connectivity index (χ1n) is 6.75. The lowest BCUT2D eigenvalue weighted by atomic mass is 9.75. The van der Waals surface area contributed by atoms with Crippen LogP contribution in [0.4, 0.5) is 8.78 Å². The van der Waals surface area contributed by atoms with Gasteiger partial charge in [0.1, 0.15) is 17.4 Å². The first-order valence-corrected chi connectivity index (χ1v) is 6.75. The predicted molar refractivity (Wildman–Crippen MR) is 77.8 cm³/mol. The maximum atomic E-state index is 14.1. The Balaban J connectivity index is 2.78. The normalized spacial score (nSPS) is 14.8. The number of Topliss-reactive ketones (excluding diaryl/α,β-unsaturated/α-hetero) is 1. The Hall–Kier alpha value is -2.60. The molecule has 0 aromatic heterocycles. The lowest BCUT2D eigenvalue weighted by molar-refractivity contribution is -0.165. The molecule has 0 aliphatic rings. The molecule has 2 unspecified atom stereocenters. The smallest absolute Gasteiger partial charge is 0.341 e. The van der Waals surface area contributed by atoms with Crippen LogP contribution in [0.2, 0.25) is 0 Å². The van der Waals surface area contributed by atoms with Crippen molar-refractivity contribution in [1.82, 2.24) is 0 Å². The van der Waals surface area contributed by atoms with Crippen LogP contribution in [0.25, 0.3) is 0 Å². The van der Waals surface area contributed by atoms with E-state index in [9.17, 15) is 28.6 Å². The zero-order valence-electron chi connectivity index (χ0n) is 12.2. The molecule has 0 saturated carbocycles. The van der Waals surface area contributed by atoms with Crippen LogP contribution < -0.4 is 0 Å². The largest absolute Gasteiger partial charge is 0.479 e. The fourth-order valence-electron chi connectivity index (χ4n) is 2.65. The average molecular weight is 320 g/mol. The van der Waals surface area contributed by atoms with E-state index in [0.29, 0.717) is 0 Å². The molecule has 6 heteroatoms. The monoisotopic (exact) mass is 320 g/mol. The third kappa shape index (κ3) is 2.85. The van der Waals surface area contributed by atoms with Crippen molar-refractivity contribution in [2.75, 3.05) is 0 Å². The Morgan fingerprint density at radius 3 is 1.96 bits per heavy atom. The number of benzene rings is 2. The highest BCUT2D eigenvalue weighted by molar-refractivity contribution is 5.93. The first kappa shape index (κ1) is 16.8. The molecule has 0 bridgehead atoms. The fraction of sp³-hybridized carbons (Fsp3) is 0.176. The summed E-state index contributed by atoms with van der Waals surface area (Å²) in [5.41, 5.74) is -3.98. The minimum atomic E-state index is -3.07. The van der Waals surface area contributed by atoms with E-state index in [2.05, 4.69) is 0 Å². The molecule has 2 aromatic rings. The van der Waals surface area contributed by atoms with Gasteiger partial charge in [0.15, 0.2) is 0 Å². The average Bonchev–Trinajstić information content (AvgIpc) is 2.47. The number of carbonyl (C=O) groups excluding carboxylic acids is 1. The van der Waals surface area contributed by atoms with Crippen molar-refractivity contribution >= 4 is 11.8 Å². The summed E-state index contributed by atoms with van der Waals surface area (Å²) in [6.45, 7) is 1.06. The second-order valence-corrected chi connectivity index (χ2v) is 5.12. The second kappa shape index (κ2) is 6.26. The third-order valence-electron chi connectivity index (χ3n) is 3.63. The number of ketones is 1. The molecule has 0 amide bonds. The highest BCUT2D eigenvalue weighted by atomic mass is 19.1. The maximum Gasteiger partial charge on any atom is 0.341 e. The van der Waals surface area contributed by atoms with E-state index in [1.807, 2.05) is 0 Å². The summed E-state index contributed by atoms with van der Waals surface area (Å²) in [6, 6.07) is 10.2. The van der Waals surface area contributed by atoms with Crippen molar-refractivity contribution < 1.29 is 28.6 Å². The Labute approximate surface area is 131 Å². The Morgan fingerprint density at radius 2 is 1.52 bits per heavy atom. The van der Waals surface area contributed by atoms with Gasteiger partial charge in [-0.15, -0.1) is 0 Å². The maximum absolute atomic E-state index is 14.1. The van der Waals surface area contributed by atoms with E-state index in [4.69, 9.17) is 0 Å². The van der Waals surface area contributed by atoms with E-state index < -0.39 is 40.5 Å². The number of hydrogen-bond donors (Lipinski definition) is 2. The van der Waals surface area contributed by atoms with Crippen LogP contribution in [0.5, 0.6) is 0 Å². The molecule has 0 spiro atoms. The third-order valence-corrected chi connectivity index (χ3v) is 3.63. The van der Waals surface area contributed by atoms with Gasteiger partial charge < -0.3 is 10.2 Å². The Bertz CT molecular complexity index is 725. The number of carboxylic acids is 1. The van der Waals surface area contributed by atoms with Crippen LogP contribution in [0.15, 0.2) is 48.5 Å². The predicted octanol–water partition coefficient (Wildman–Crippen LogP) is 2.61. The lowest BCUT2D eigenvalue weighted by Gasteiger charge is -2.32. The van der Waals surface area contributed by atoms with Crippen molar-refractivity contribution in [2.24, 2.45) is 0 Å². The highest BCUT2D eigenvalue weighted by Gasteiger charge is 2.52. The molecule has 2 rings (SSSR count). The number of aliphatic carboxylic acids is 1. The Morgan fingerprint density at radius 1 is 1.00 bits per heavy atom. The molecule has 2 N–H and O–H groups in total. The van der Waals surface area contributed by atoms with Crippen molar-refractivity contribution in [1.29, 1.82) is 0 Å². The van der Waals surface area contributed by atoms with Crippen molar-refractivity contribution in [3.05, 3.63) is 71.3 Å². The molecule has 0 aliphatic heterocycles. The number of aliphatic hydroxyl groups is 1. The minimum absolute atomic E-state index is 0.146. The number of hydrogen-bond acceptors (Lipinski definition) is 3. The standard InChI is InChI=1S/C17H14F2O4/c1-10(20)14(11-6-3-2-4-7-11)17(23,16(21)22)15-12(18)8-5-9-13(15)19/h2-9,14,23H,1H3,(H,21,22). The molecule has 0 fully saturated rings. The van der Waals surface area contributed by atoms with Gasteiger partial charge >= 0.3 is 5.97 Å². The molecule has 4 nitrogen and oxygen atoms in total. The summed E-state index contributed by atoms with van der Waals surface area (Å²) >= 11 is 0. The summed E-state index contributed by atoms with van der Waals surface area (Å²) in [5, 5.41) is 20.2. The quantitative estimate of drug-likeness (QED) is 0.888. The first-order chi connectivity index (χ1) is 10.8. The van der Waals surface area contributed by atoms with Gasteiger partial charge in [-0.1, -0.05) is 36.4 Å². The van der Waals surface area contributed by atoms with Crippen molar-refractivity contribution in [2.45, 2.75) is 18.4 Å². The number of carboxylic acid groups (broad SMARTS) is 1. The Kier molecular flexibility index (Phi) is 4.56. The van der Waals surface area contributed by atoms with Gasteiger partial charge in [0.05, 0.1) is 11.5 Å². The van der Waals surface area contributed by atoms with Crippen LogP contribution in [-0.2, 0) is 15.2 Å². The van der Waals surface area contributed by atoms with Gasteiger partial charge in [0.2, 0.25) is 5.60 Å². The van der Waals surface area contributed by atoms with E-state index in [0.717, 1.165) is 25.1 Å². The van der Waals surface area contributed by atoms with Gasteiger partial charge in [0.25, 0.3) is 0 Å². The van der Waals surface area contributed by atoms with Gasteiger partial charge in [0, 0.05) is 0 Å². The molecule has 120 valence electrons. The van der Waals surface area contributed by atoms with E-state index >= 15 is 0 Å². The molecule has 0 aliphatic carbocycles. The summed E-state index contributed by atoms with van der Waals surface area (Å²) in [4.78, 5) is 23.7. The SMILES string of the molecule is CC(=O)C(c1ccccc1)C(O)(C(=O)O)c1c(F)cccc1F. The van der Waals surface area contributed by atoms with Crippen LogP contribution in [0.1, 0.15) is 24.0 Å². The van der Waals surface area contributed by atoms with Crippen molar-refractivity contribution in [3.8, 4) is 0 Å². The zero-order chi connectivity index (χ0) is 17.2. The van der Waals surface area contributed by atoms with E-state index in [1.54, 1.807) is 6.07 Å². The van der Waals surface area contributed by atoms with Crippen molar-refractivity contribution in [3.63, 3.8) is 0 Å². The molecule has 23 heavy (non-hydrogen) atoms. The number of halogens is 2. The minimum Gasteiger partial charge on any atom is -0.479 e. The molecular formula is C17H14F2O4. The van der Waals surface area contributed by atoms with E-state index in [-0.39, 0.29) is 5.56 Å². The summed E-state index contributed by atoms with van der Waals surface area (Å²) in [7, 11) is 0. The number of carbonyl (C=O) groups is 2. The van der Waals surface area contributed by atoms with E-state index in [1.165, 1.54) is 24.3 Å². The van der Waals surface area contributed by atoms with Crippen LogP contribution in [-0.4, -0.2) is 22.0 Å². The van der Waals surface area contributed by atoms with Gasteiger partial charge in [-0.3, -0.25) is 4.79 Å². The summed E-state index contributed by atoms with van der Waals surface area (Å²) in [5.74, 6) is -6.78. The molecule has 0 radical (unpaired) electrons.